The van der Waals surface area contributed by atoms with E-state index in [-0.39, 0.29) is 0 Å². The summed E-state index contributed by atoms with van der Waals surface area (Å²) in [5, 5.41) is 11.9. The quantitative estimate of drug-likeness (QED) is 0.796. The Morgan fingerprint density at radius 1 is 1.33 bits per heavy atom. The summed E-state index contributed by atoms with van der Waals surface area (Å²) in [6, 6.07) is 10.1. The van der Waals surface area contributed by atoms with Crippen LogP contribution in [0.25, 0.3) is 0 Å². The summed E-state index contributed by atoms with van der Waals surface area (Å²) in [6.45, 7) is 3.25. The second-order valence-corrected chi connectivity index (χ2v) is 3.73. The number of benzene rings is 1. The second kappa shape index (κ2) is 6.21. The first kappa shape index (κ1) is 11.7. The zero-order valence-electron chi connectivity index (χ0n) is 9.46. The molecule has 0 aliphatic heterocycles. The van der Waals surface area contributed by atoms with Crippen molar-refractivity contribution in [2.75, 3.05) is 13.6 Å². The smallest absolute Gasteiger partial charge is 0.0991 e. The molecule has 0 fully saturated rings. The van der Waals surface area contributed by atoms with Gasteiger partial charge in [0.25, 0.3) is 0 Å². The van der Waals surface area contributed by atoms with Crippen LogP contribution < -0.4 is 5.32 Å². The van der Waals surface area contributed by atoms with E-state index in [1.807, 2.05) is 19.2 Å². The highest BCUT2D eigenvalue weighted by Crippen LogP contribution is 2.22. The predicted molar refractivity (Wildman–Crippen MR) is 62.7 cm³/mol. The maximum Gasteiger partial charge on any atom is 0.0991 e. The van der Waals surface area contributed by atoms with Gasteiger partial charge in [-0.05, 0) is 50.0 Å². The minimum Gasteiger partial charge on any atom is -0.320 e. The average molecular weight is 202 g/mol. The summed E-state index contributed by atoms with van der Waals surface area (Å²) >= 11 is 0. The van der Waals surface area contributed by atoms with Crippen LogP contribution >= 0.6 is 0 Å². The topological polar surface area (TPSA) is 35.8 Å². The molecule has 0 heterocycles. The van der Waals surface area contributed by atoms with Crippen molar-refractivity contribution >= 4 is 0 Å². The lowest BCUT2D eigenvalue weighted by atomic mass is 9.92. The Hall–Kier alpha value is -1.33. The lowest BCUT2D eigenvalue weighted by molar-refractivity contribution is 0.581. The predicted octanol–water partition coefficient (Wildman–Crippen LogP) is 2.66. The van der Waals surface area contributed by atoms with Gasteiger partial charge in [0.1, 0.15) is 0 Å². The summed E-state index contributed by atoms with van der Waals surface area (Å²) in [6.07, 6.45) is 2.30. The van der Waals surface area contributed by atoms with Crippen LogP contribution in [0.3, 0.4) is 0 Å². The van der Waals surface area contributed by atoms with E-state index in [0.717, 1.165) is 24.9 Å². The van der Waals surface area contributed by atoms with E-state index in [9.17, 15) is 0 Å². The van der Waals surface area contributed by atoms with Gasteiger partial charge >= 0.3 is 0 Å². The molecular weight excluding hydrogens is 184 g/mol. The molecule has 1 rings (SSSR count). The van der Waals surface area contributed by atoms with Gasteiger partial charge in [-0.15, -0.1) is 0 Å². The molecule has 2 heteroatoms. The van der Waals surface area contributed by atoms with Crippen molar-refractivity contribution in [2.24, 2.45) is 0 Å². The molecule has 0 saturated carbocycles. The zero-order valence-corrected chi connectivity index (χ0v) is 9.46. The number of nitriles is 1. The Balaban J connectivity index is 2.70. The minimum atomic E-state index is 0.602. The van der Waals surface area contributed by atoms with Gasteiger partial charge in [-0.25, -0.2) is 0 Å². The molecule has 0 aliphatic carbocycles. The third-order valence-electron chi connectivity index (χ3n) is 2.75. The van der Waals surface area contributed by atoms with Crippen molar-refractivity contribution < 1.29 is 0 Å². The van der Waals surface area contributed by atoms with E-state index in [1.54, 1.807) is 0 Å². The van der Waals surface area contributed by atoms with Gasteiger partial charge in [0.05, 0.1) is 11.6 Å². The van der Waals surface area contributed by atoms with E-state index in [2.05, 4.69) is 30.4 Å². The van der Waals surface area contributed by atoms with E-state index in [0.29, 0.717) is 5.92 Å². The summed E-state index contributed by atoms with van der Waals surface area (Å²) in [7, 11) is 1.98. The molecule has 1 unspecified atom stereocenters. The van der Waals surface area contributed by atoms with Crippen LogP contribution in [-0.4, -0.2) is 13.6 Å². The van der Waals surface area contributed by atoms with Crippen molar-refractivity contribution in [3.05, 3.63) is 35.4 Å². The maximum atomic E-state index is 8.71. The normalized spacial score (nSPS) is 12.1. The minimum absolute atomic E-state index is 0.602. The lowest BCUT2D eigenvalue weighted by Gasteiger charge is -2.14. The SMILES string of the molecule is CCC(CCNC)c1ccc(C#N)cc1. The largest absolute Gasteiger partial charge is 0.320 e. The Morgan fingerprint density at radius 3 is 2.47 bits per heavy atom. The standard InChI is InChI=1S/C13H18N2/c1-3-12(8-9-15-2)13-6-4-11(10-14)5-7-13/h4-7,12,15H,3,8-9H2,1-2H3. The van der Waals surface area contributed by atoms with Crippen molar-refractivity contribution in [1.82, 2.24) is 5.32 Å². The summed E-state index contributed by atoms with van der Waals surface area (Å²) in [4.78, 5) is 0. The highest BCUT2D eigenvalue weighted by atomic mass is 14.8. The number of rotatable bonds is 5. The highest BCUT2D eigenvalue weighted by Gasteiger charge is 2.08. The van der Waals surface area contributed by atoms with Gasteiger partial charge in [0.15, 0.2) is 0 Å². The van der Waals surface area contributed by atoms with Crippen LogP contribution in [0.2, 0.25) is 0 Å². The van der Waals surface area contributed by atoms with Crippen LogP contribution in [0, 0.1) is 11.3 Å². The monoisotopic (exact) mass is 202 g/mol. The molecule has 15 heavy (non-hydrogen) atoms. The molecule has 0 aromatic heterocycles. The molecule has 80 valence electrons. The van der Waals surface area contributed by atoms with E-state index in [4.69, 9.17) is 5.26 Å². The van der Waals surface area contributed by atoms with Crippen molar-refractivity contribution in [1.29, 1.82) is 5.26 Å². The molecule has 0 spiro atoms. The average Bonchev–Trinajstić information content (AvgIpc) is 2.31. The molecule has 1 N–H and O–H groups in total. The van der Waals surface area contributed by atoms with Gasteiger partial charge in [0.2, 0.25) is 0 Å². The molecule has 1 atom stereocenters. The lowest BCUT2D eigenvalue weighted by Crippen LogP contribution is -2.11. The third-order valence-corrected chi connectivity index (χ3v) is 2.75. The van der Waals surface area contributed by atoms with Gasteiger partial charge in [0, 0.05) is 0 Å². The third kappa shape index (κ3) is 3.38. The summed E-state index contributed by atoms with van der Waals surface area (Å²) in [5.41, 5.74) is 2.08. The van der Waals surface area contributed by atoms with Crippen LogP contribution in [-0.2, 0) is 0 Å². The fourth-order valence-electron chi connectivity index (χ4n) is 1.75. The Labute approximate surface area is 91.9 Å². The van der Waals surface area contributed by atoms with Crippen LogP contribution in [0.15, 0.2) is 24.3 Å². The fourth-order valence-corrected chi connectivity index (χ4v) is 1.75. The molecule has 0 bridgehead atoms. The first-order chi connectivity index (χ1) is 7.31. The van der Waals surface area contributed by atoms with Gasteiger partial charge in [-0.3, -0.25) is 0 Å². The first-order valence-corrected chi connectivity index (χ1v) is 5.46. The fraction of sp³-hybridized carbons (Fsp3) is 0.462. The van der Waals surface area contributed by atoms with Crippen LogP contribution in [0.4, 0.5) is 0 Å². The molecule has 0 amide bonds. The molecule has 2 nitrogen and oxygen atoms in total. The molecule has 0 saturated heterocycles. The molecular formula is C13H18N2. The number of hydrogen-bond acceptors (Lipinski definition) is 2. The van der Waals surface area contributed by atoms with Gasteiger partial charge in [-0.2, -0.15) is 5.26 Å². The van der Waals surface area contributed by atoms with Crippen LogP contribution in [0.5, 0.6) is 0 Å². The maximum absolute atomic E-state index is 8.71. The van der Waals surface area contributed by atoms with E-state index in [1.165, 1.54) is 5.56 Å². The summed E-state index contributed by atoms with van der Waals surface area (Å²) in [5.74, 6) is 0.602. The van der Waals surface area contributed by atoms with Crippen LogP contribution in [0.1, 0.15) is 36.8 Å². The second-order valence-electron chi connectivity index (χ2n) is 3.73. The zero-order chi connectivity index (χ0) is 11.1. The highest BCUT2D eigenvalue weighted by molar-refractivity contribution is 5.33. The van der Waals surface area contributed by atoms with Crippen molar-refractivity contribution in [3.63, 3.8) is 0 Å². The number of nitrogens with zero attached hydrogens (tertiary/aromatic N) is 1. The Bertz CT molecular complexity index is 321. The van der Waals surface area contributed by atoms with Gasteiger partial charge < -0.3 is 5.32 Å². The van der Waals surface area contributed by atoms with E-state index >= 15 is 0 Å². The molecule has 1 aromatic rings. The number of nitrogens with one attached hydrogen (secondary N) is 1. The van der Waals surface area contributed by atoms with Crippen molar-refractivity contribution in [3.8, 4) is 6.07 Å². The number of hydrogen-bond donors (Lipinski definition) is 1. The van der Waals surface area contributed by atoms with Gasteiger partial charge in [-0.1, -0.05) is 19.1 Å². The first-order valence-electron chi connectivity index (χ1n) is 5.46. The molecule has 1 aromatic carbocycles. The van der Waals surface area contributed by atoms with Crippen molar-refractivity contribution in [2.45, 2.75) is 25.7 Å². The molecule has 0 radical (unpaired) electrons. The summed E-state index contributed by atoms with van der Waals surface area (Å²) < 4.78 is 0. The van der Waals surface area contributed by atoms with E-state index < -0.39 is 0 Å². The molecule has 0 aliphatic rings. The Kier molecular flexibility index (Phi) is 4.86. The Morgan fingerprint density at radius 2 is 2.00 bits per heavy atom.